The van der Waals surface area contributed by atoms with Crippen molar-refractivity contribution in [1.82, 2.24) is 14.6 Å². The second-order valence-corrected chi connectivity index (χ2v) is 4.08. The van der Waals surface area contributed by atoms with Gasteiger partial charge in [0.2, 0.25) is 0 Å². The minimum Gasteiger partial charge on any atom is -0.384 e. The molecule has 1 aromatic carbocycles. The Morgan fingerprint density at radius 1 is 1.17 bits per heavy atom. The molecule has 0 aliphatic heterocycles. The van der Waals surface area contributed by atoms with Crippen molar-refractivity contribution in [3.63, 3.8) is 0 Å². The van der Waals surface area contributed by atoms with Crippen molar-refractivity contribution < 1.29 is 4.39 Å². The lowest BCUT2D eigenvalue weighted by Crippen LogP contribution is -1.99. The number of rotatable bonds is 2. The van der Waals surface area contributed by atoms with Crippen molar-refractivity contribution in [2.75, 3.05) is 5.73 Å². The summed E-state index contributed by atoms with van der Waals surface area (Å²) in [6, 6.07) is 8.10. The van der Waals surface area contributed by atoms with Gasteiger partial charge in [0.25, 0.3) is 0 Å². The van der Waals surface area contributed by atoms with Gasteiger partial charge in [0.05, 0.1) is 6.20 Å². The first kappa shape index (κ1) is 10.7. The molecule has 0 aliphatic rings. The van der Waals surface area contributed by atoms with Crippen LogP contribution in [0.4, 0.5) is 10.2 Å². The third-order valence-electron chi connectivity index (χ3n) is 2.81. The number of nitrogens with zero attached hydrogens (tertiary/aromatic N) is 3. The molecule has 0 saturated carbocycles. The molecule has 2 aromatic heterocycles. The van der Waals surface area contributed by atoms with E-state index in [9.17, 15) is 4.39 Å². The number of hydrogen-bond acceptors (Lipinski definition) is 3. The average molecular weight is 242 g/mol. The van der Waals surface area contributed by atoms with Crippen LogP contribution in [0.3, 0.4) is 0 Å². The van der Waals surface area contributed by atoms with Crippen molar-refractivity contribution in [2.45, 2.75) is 6.42 Å². The predicted molar refractivity (Wildman–Crippen MR) is 66.6 cm³/mol. The topological polar surface area (TPSA) is 56.2 Å². The molecule has 4 nitrogen and oxygen atoms in total. The number of aromatic nitrogens is 3. The van der Waals surface area contributed by atoms with Gasteiger partial charge in [0, 0.05) is 18.2 Å². The van der Waals surface area contributed by atoms with Gasteiger partial charge in [0.15, 0.2) is 5.65 Å². The summed E-state index contributed by atoms with van der Waals surface area (Å²) < 4.78 is 14.4. The molecule has 18 heavy (non-hydrogen) atoms. The van der Waals surface area contributed by atoms with E-state index < -0.39 is 0 Å². The zero-order valence-electron chi connectivity index (χ0n) is 9.55. The maximum Gasteiger partial charge on any atom is 0.160 e. The first-order valence-corrected chi connectivity index (χ1v) is 5.55. The van der Waals surface area contributed by atoms with E-state index in [1.807, 2.05) is 0 Å². The van der Waals surface area contributed by atoms with Crippen molar-refractivity contribution in [2.24, 2.45) is 0 Å². The normalized spacial score (nSPS) is 10.9. The fourth-order valence-electron chi connectivity index (χ4n) is 1.90. The first-order chi connectivity index (χ1) is 8.74. The lowest BCUT2D eigenvalue weighted by atomic mass is 10.1. The zero-order valence-corrected chi connectivity index (χ0v) is 9.55. The Hall–Kier alpha value is -2.43. The smallest absolute Gasteiger partial charge is 0.160 e. The average Bonchev–Trinajstić information content (AvgIpc) is 2.77. The van der Waals surface area contributed by atoms with Crippen LogP contribution >= 0.6 is 0 Å². The molecule has 0 unspecified atom stereocenters. The van der Waals surface area contributed by atoms with Crippen molar-refractivity contribution in [1.29, 1.82) is 0 Å². The Morgan fingerprint density at radius 3 is 2.72 bits per heavy atom. The van der Waals surface area contributed by atoms with Gasteiger partial charge in [-0.05, 0) is 23.8 Å². The molecule has 0 aliphatic carbocycles. The maximum absolute atomic E-state index is 12.8. The largest absolute Gasteiger partial charge is 0.384 e. The number of nitrogens with two attached hydrogens (primary N) is 1. The van der Waals surface area contributed by atoms with E-state index >= 15 is 0 Å². The summed E-state index contributed by atoms with van der Waals surface area (Å²) in [4.78, 5) is 4.26. The third-order valence-corrected chi connectivity index (χ3v) is 2.81. The van der Waals surface area contributed by atoms with Crippen LogP contribution in [-0.2, 0) is 6.42 Å². The Balaban J connectivity index is 2.00. The van der Waals surface area contributed by atoms with Crippen molar-refractivity contribution in [3.8, 4) is 0 Å². The minimum atomic E-state index is -0.235. The first-order valence-electron chi connectivity index (χ1n) is 5.55. The Morgan fingerprint density at radius 2 is 1.94 bits per heavy atom. The van der Waals surface area contributed by atoms with Crippen LogP contribution in [-0.4, -0.2) is 14.6 Å². The molecule has 2 N–H and O–H groups in total. The molecule has 0 radical (unpaired) electrons. The highest BCUT2D eigenvalue weighted by Crippen LogP contribution is 2.15. The van der Waals surface area contributed by atoms with Crippen LogP contribution < -0.4 is 5.73 Å². The van der Waals surface area contributed by atoms with E-state index in [1.165, 1.54) is 12.1 Å². The molecule has 0 saturated heterocycles. The van der Waals surface area contributed by atoms with Crippen LogP contribution in [0.1, 0.15) is 11.1 Å². The number of fused-ring (bicyclic) bond motifs is 1. The van der Waals surface area contributed by atoms with E-state index in [0.29, 0.717) is 12.2 Å². The molecule has 0 atom stereocenters. The monoisotopic (exact) mass is 242 g/mol. The summed E-state index contributed by atoms with van der Waals surface area (Å²) in [7, 11) is 0. The van der Waals surface area contributed by atoms with Crippen LogP contribution in [0.15, 0.2) is 42.7 Å². The Labute approximate surface area is 103 Å². The van der Waals surface area contributed by atoms with Gasteiger partial charge < -0.3 is 5.73 Å². The van der Waals surface area contributed by atoms with E-state index in [1.54, 1.807) is 35.1 Å². The summed E-state index contributed by atoms with van der Waals surface area (Å²) in [6.45, 7) is 0. The van der Waals surface area contributed by atoms with Crippen LogP contribution in [0.25, 0.3) is 5.65 Å². The van der Waals surface area contributed by atoms with E-state index in [-0.39, 0.29) is 5.82 Å². The maximum atomic E-state index is 12.8. The summed E-state index contributed by atoms with van der Waals surface area (Å²) in [5.41, 5.74) is 8.51. The van der Waals surface area contributed by atoms with E-state index in [4.69, 9.17) is 5.73 Å². The van der Waals surface area contributed by atoms with Gasteiger partial charge in [-0.25, -0.2) is 9.37 Å². The number of hydrogen-bond donors (Lipinski definition) is 1. The van der Waals surface area contributed by atoms with E-state index in [2.05, 4.69) is 10.1 Å². The SMILES string of the molecule is Nc1ccnc2c(Cc3ccc(F)cc3)cnn12. The molecule has 2 heterocycles. The molecular formula is C13H11FN4. The van der Waals surface area contributed by atoms with Gasteiger partial charge >= 0.3 is 0 Å². The van der Waals surface area contributed by atoms with Crippen LogP contribution in [0.5, 0.6) is 0 Å². The van der Waals surface area contributed by atoms with Gasteiger partial charge in [-0.2, -0.15) is 9.61 Å². The van der Waals surface area contributed by atoms with Crippen molar-refractivity contribution in [3.05, 3.63) is 59.7 Å². The third kappa shape index (κ3) is 1.79. The predicted octanol–water partition coefficient (Wildman–Crippen LogP) is 2.04. The molecule has 0 fully saturated rings. The lowest BCUT2D eigenvalue weighted by Gasteiger charge is -2.00. The summed E-state index contributed by atoms with van der Waals surface area (Å²) in [6.07, 6.45) is 4.04. The van der Waals surface area contributed by atoms with Gasteiger partial charge in [0.1, 0.15) is 11.6 Å². The highest BCUT2D eigenvalue weighted by Gasteiger charge is 2.07. The summed E-state index contributed by atoms with van der Waals surface area (Å²) >= 11 is 0. The molecule has 5 heteroatoms. The molecule has 3 aromatic rings. The molecule has 3 rings (SSSR count). The number of benzene rings is 1. The van der Waals surface area contributed by atoms with Crippen LogP contribution in [0.2, 0.25) is 0 Å². The Bertz CT molecular complexity index is 688. The zero-order chi connectivity index (χ0) is 12.5. The highest BCUT2D eigenvalue weighted by molar-refractivity contribution is 5.52. The second-order valence-electron chi connectivity index (χ2n) is 4.08. The molecule has 0 bridgehead atoms. The van der Waals surface area contributed by atoms with Crippen molar-refractivity contribution >= 4 is 11.5 Å². The summed E-state index contributed by atoms with van der Waals surface area (Å²) in [5, 5.41) is 4.19. The minimum absolute atomic E-state index is 0.235. The van der Waals surface area contributed by atoms with Gasteiger partial charge in [-0.3, -0.25) is 0 Å². The Kier molecular flexibility index (Phi) is 2.44. The summed E-state index contributed by atoms with van der Waals surface area (Å²) in [5.74, 6) is 0.311. The lowest BCUT2D eigenvalue weighted by molar-refractivity contribution is 0.627. The highest BCUT2D eigenvalue weighted by atomic mass is 19.1. The molecule has 0 spiro atoms. The molecule has 0 amide bonds. The number of halogens is 1. The number of nitrogen functional groups attached to an aromatic ring is 1. The molecule has 90 valence electrons. The fraction of sp³-hybridized carbons (Fsp3) is 0.0769. The van der Waals surface area contributed by atoms with Gasteiger partial charge in [-0.1, -0.05) is 12.1 Å². The second kappa shape index (κ2) is 4.10. The number of anilines is 1. The fourth-order valence-corrected chi connectivity index (χ4v) is 1.90. The standard InChI is InChI=1S/C13H11FN4/c14-11-3-1-9(2-4-11)7-10-8-17-18-12(15)5-6-16-13(10)18/h1-6,8H,7,15H2. The quantitative estimate of drug-likeness (QED) is 0.748. The molecular weight excluding hydrogens is 231 g/mol. The van der Waals surface area contributed by atoms with E-state index in [0.717, 1.165) is 16.8 Å². The van der Waals surface area contributed by atoms with Gasteiger partial charge in [-0.15, -0.1) is 0 Å². The van der Waals surface area contributed by atoms with Crippen LogP contribution in [0, 0.1) is 5.82 Å².